The van der Waals surface area contributed by atoms with Crippen LogP contribution in [0.1, 0.15) is 5.56 Å². The van der Waals surface area contributed by atoms with Crippen LogP contribution in [0.4, 0.5) is 13.2 Å². The van der Waals surface area contributed by atoms with Gasteiger partial charge in [0.2, 0.25) is 0 Å². The highest BCUT2D eigenvalue weighted by molar-refractivity contribution is 5.67. The Morgan fingerprint density at radius 1 is 1.15 bits per heavy atom. The molecule has 0 unspecified atom stereocenters. The largest absolute Gasteiger partial charge is 0.489 e. The summed E-state index contributed by atoms with van der Waals surface area (Å²) in [5.41, 5.74) is 0.0456. The lowest BCUT2D eigenvalue weighted by Gasteiger charge is -2.10. The quantitative estimate of drug-likeness (QED) is 0.750. The first-order valence-corrected chi connectivity index (χ1v) is 5.94. The van der Waals surface area contributed by atoms with Crippen molar-refractivity contribution in [2.75, 3.05) is 6.61 Å². The average Bonchev–Trinajstić information content (AvgIpc) is 2.39. The SMILES string of the molecule is C=CCOc1cc(F)c(-c2cc(C)[c]cc2F)c(F)c1. The van der Waals surface area contributed by atoms with Crippen LogP contribution in [0, 0.1) is 30.4 Å². The molecule has 0 aromatic heterocycles. The Labute approximate surface area is 115 Å². The third-order valence-corrected chi connectivity index (χ3v) is 2.70. The van der Waals surface area contributed by atoms with E-state index in [9.17, 15) is 13.2 Å². The number of hydrogen-bond acceptors (Lipinski definition) is 1. The summed E-state index contributed by atoms with van der Waals surface area (Å²) < 4.78 is 46.8. The minimum Gasteiger partial charge on any atom is -0.489 e. The summed E-state index contributed by atoms with van der Waals surface area (Å²) in [4.78, 5) is 0. The van der Waals surface area contributed by atoms with Gasteiger partial charge in [0.1, 0.15) is 29.8 Å². The molecule has 1 radical (unpaired) electrons. The lowest BCUT2D eigenvalue weighted by Crippen LogP contribution is -1.98. The monoisotopic (exact) mass is 277 g/mol. The maximum atomic E-state index is 14.0. The van der Waals surface area contributed by atoms with E-state index in [2.05, 4.69) is 12.6 Å². The molecule has 1 nitrogen and oxygen atoms in total. The smallest absolute Gasteiger partial charge is 0.137 e. The van der Waals surface area contributed by atoms with Gasteiger partial charge in [-0.3, -0.25) is 0 Å². The van der Waals surface area contributed by atoms with Crippen LogP contribution in [0.25, 0.3) is 11.1 Å². The molecule has 2 rings (SSSR count). The summed E-state index contributed by atoms with van der Waals surface area (Å²) in [7, 11) is 0. The Hall–Kier alpha value is -2.23. The highest BCUT2D eigenvalue weighted by Crippen LogP contribution is 2.32. The van der Waals surface area contributed by atoms with Crippen LogP contribution in [0.15, 0.2) is 36.9 Å². The molecule has 0 saturated carbocycles. The molecule has 0 fully saturated rings. The van der Waals surface area contributed by atoms with Gasteiger partial charge in [-0.1, -0.05) is 12.7 Å². The molecule has 0 aliphatic carbocycles. The highest BCUT2D eigenvalue weighted by atomic mass is 19.1. The first-order chi connectivity index (χ1) is 9.52. The molecular weight excluding hydrogens is 265 g/mol. The van der Waals surface area contributed by atoms with Gasteiger partial charge in [-0.05, 0) is 30.7 Å². The number of aryl methyl sites for hydroxylation is 1. The highest BCUT2D eigenvalue weighted by Gasteiger charge is 2.17. The number of benzene rings is 2. The van der Waals surface area contributed by atoms with Crippen LogP contribution in [0.3, 0.4) is 0 Å². The maximum absolute atomic E-state index is 14.0. The van der Waals surface area contributed by atoms with Crippen molar-refractivity contribution in [1.29, 1.82) is 0 Å². The predicted molar refractivity (Wildman–Crippen MR) is 71.0 cm³/mol. The second-order valence-corrected chi connectivity index (χ2v) is 4.24. The zero-order chi connectivity index (χ0) is 14.7. The zero-order valence-corrected chi connectivity index (χ0v) is 10.8. The summed E-state index contributed by atoms with van der Waals surface area (Å²) >= 11 is 0. The van der Waals surface area contributed by atoms with E-state index in [4.69, 9.17) is 4.74 Å². The topological polar surface area (TPSA) is 9.23 Å². The molecule has 0 amide bonds. The van der Waals surface area contributed by atoms with Gasteiger partial charge in [0.25, 0.3) is 0 Å². The molecule has 0 bridgehead atoms. The molecule has 0 spiro atoms. The summed E-state index contributed by atoms with van der Waals surface area (Å²) in [6, 6.07) is 7.08. The lowest BCUT2D eigenvalue weighted by atomic mass is 10.0. The first-order valence-electron chi connectivity index (χ1n) is 5.94. The Balaban J connectivity index is 2.52. The van der Waals surface area contributed by atoms with Crippen LogP contribution in [0.5, 0.6) is 5.75 Å². The Bertz CT molecular complexity index is 627. The van der Waals surface area contributed by atoms with Gasteiger partial charge in [-0.15, -0.1) is 0 Å². The van der Waals surface area contributed by atoms with Gasteiger partial charge in [0.15, 0.2) is 0 Å². The van der Waals surface area contributed by atoms with Gasteiger partial charge >= 0.3 is 0 Å². The van der Waals surface area contributed by atoms with Crippen LogP contribution in [-0.2, 0) is 0 Å². The molecule has 2 aromatic rings. The van der Waals surface area contributed by atoms with Crippen molar-refractivity contribution in [1.82, 2.24) is 0 Å². The minimum atomic E-state index is -0.881. The van der Waals surface area contributed by atoms with Crippen molar-refractivity contribution in [3.8, 4) is 16.9 Å². The van der Waals surface area contributed by atoms with E-state index in [1.54, 1.807) is 6.92 Å². The Kier molecular flexibility index (Phi) is 4.13. The third kappa shape index (κ3) is 2.85. The van der Waals surface area contributed by atoms with Crippen molar-refractivity contribution in [3.05, 3.63) is 66.0 Å². The molecule has 103 valence electrons. The van der Waals surface area contributed by atoms with Crippen LogP contribution in [-0.4, -0.2) is 6.61 Å². The van der Waals surface area contributed by atoms with Crippen LogP contribution >= 0.6 is 0 Å². The fourth-order valence-electron chi connectivity index (χ4n) is 1.82. The number of hydrogen-bond donors (Lipinski definition) is 0. The van der Waals surface area contributed by atoms with Crippen molar-refractivity contribution < 1.29 is 17.9 Å². The van der Waals surface area contributed by atoms with Crippen LogP contribution < -0.4 is 4.74 Å². The third-order valence-electron chi connectivity index (χ3n) is 2.70. The number of halogens is 3. The maximum Gasteiger partial charge on any atom is 0.137 e. The second kappa shape index (κ2) is 5.82. The van der Waals surface area contributed by atoms with E-state index in [0.717, 1.165) is 18.2 Å². The summed E-state index contributed by atoms with van der Waals surface area (Å²) in [6.07, 6.45) is 1.46. The Morgan fingerprint density at radius 2 is 1.80 bits per heavy atom. The normalized spacial score (nSPS) is 10.4. The van der Waals surface area contributed by atoms with Gasteiger partial charge in [-0.2, -0.15) is 0 Å². The Morgan fingerprint density at radius 3 is 2.40 bits per heavy atom. The molecule has 20 heavy (non-hydrogen) atoms. The number of rotatable bonds is 4. The van der Waals surface area contributed by atoms with Crippen molar-refractivity contribution >= 4 is 0 Å². The van der Waals surface area contributed by atoms with E-state index in [-0.39, 0.29) is 17.9 Å². The first kappa shape index (κ1) is 14.2. The minimum absolute atomic E-state index is 0.0308. The predicted octanol–water partition coefficient (Wildman–Crippen LogP) is 4.44. The molecule has 0 heterocycles. The van der Waals surface area contributed by atoms with E-state index >= 15 is 0 Å². The molecular formula is C16H12F3O. The van der Waals surface area contributed by atoms with E-state index in [0.29, 0.717) is 5.56 Å². The lowest BCUT2D eigenvalue weighted by molar-refractivity contribution is 0.358. The fraction of sp³-hybridized carbons (Fsp3) is 0.125. The molecule has 0 saturated heterocycles. The van der Waals surface area contributed by atoms with Gasteiger partial charge in [0.05, 0.1) is 5.56 Å². The molecule has 2 aromatic carbocycles. The summed E-state index contributed by atoms with van der Waals surface area (Å²) in [6.45, 7) is 5.24. The van der Waals surface area contributed by atoms with E-state index < -0.39 is 23.0 Å². The van der Waals surface area contributed by atoms with Crippen molar-refractivity contribution in [3.63, 3.8) is 0 Å². The zero-order valence-electron chi connectivity index (χ0n) is 10.8. The van der Waals surface area contributed by atoms with Gasteiger partial charge < -0.3 is 4.74 Å². The second-order valence-electron chi connectivity index (χ2n) is 4.24. The molecule has 0 aliphatic heterocycles. The van der Waals surface area contributed by atoms with Crippen LogP contribution in [0.2, 0.25) is 0 Å². The summed E-state index contributed by atoms with van der Waals surface area (Å²) in [5.74, 6) is -2.46. The average molecular weight is 277 g/mol. The molecule has 0 N–H and O–H groups in total. The van der Waals surface area contributed by atoms with Gasteiger partial charge in [0, 0.05) is 17.7 Å². The van der Waals surface area contributed by atoms with Crippen molar-refractivity contribution in [2.24, 2.45) is 0 Å². The fourth-order valence-corrected chi connectivity index (χ4v) is 1.82. The summed E-state index contributed by atoms with van der Waals surface area (Å²) in [5, 5.41) is 0. The molecule has 4 heteroatoms. The molecule has 0 atom stereocenters. The van der Waals surface area contributed by atoms with Gasteiger partial charge in [-0.25, -0.2) is 13.2 Å². The van der Waals surface area contributed by atoms with Crippen molar-refractivity contribution in [2.45, 2.75) is 6.92 Å². The van der Waals surface area contributed by atoms with E-state index in [1.165, 1.54) is 12.1 Å². The molecule has 0 aliphatic rings. The standard InChI is InChI=1S/C16H12F3O/c1-3-6-20-11-8-14(18)16(15(19)9-11)12-7-10(2)4-5-13(12)17/h3,5,7-9H,1,6H2,2H3. The van der Waals surface area contributed by atoms with E-state index in [1.807, 2.05) is 0 Å². The number of ether oxygens (including phenoxy) is 1.